The molecule has 0 aromatic rings. The molecule has 0 aromatic heterocycles. The summed E-state index contributed by atoms with van der Waals surface area (Å²) >= 11 is 0. The number of rotatable bonds is 6. The van der Waals surface area contributed by atoms with Crippen molar-refractivity contribution in [3.8, 4) is 0 Å². The number of allylic oxidation sites excluding steroid dienone is 3. The second kappa shape index (κ2) is 7.11. The third kappa shape index (κ3) is 6.17. The molecule has 2 N–H and O–H groups in total. The lowest BCUT2D eigenvalue weighted by Crippen LogP contribution is -2.15. The van der Waals surface area contributed by atoms with E-state index in [9.17, 15) is 0 Å². The van der Waals surface area contributed by atoms with Gasteiger partial charge in [0.1, 0.15) is 0 Å². The average Bonchev–Trinajstić information content (AvgIpc) is 2.01. The van der Waals surface area contributed by atoms with E-state index in [1.165, 1.54) is 6.42 Å². The van der Waals surface area contributed by atoms with E-state index < -0.39 is 0 Å². The van der Waals surface area contributed by atoms with Crippen LogP contribution in [-0.4, -0.2) is 6.04 Å². The summed E-state index contributed by atoms with van der Waals surface area (Å²) in [6.07, 6.45) is 9.67. The van der Waals surface area contributed by atoms with Gasteiger partial charge in [0.05, 0.1) is 0 Å². The zero-order valence-electron chi connectivity index (χ0n) is 8.29. The van der Waals surface area contributed by atoms with Gasteiger partial charge in [-0.2, -0.15) is 0 Å². The van der Waals surface area contributed by atoms with Crippen LogP contribution in [0, 0.1) is 5.92 Å². The third-order valence-corrected chi connectivity index (χ3v) is 1.93. The van der Waals surface area contributed by atoms with Crippen molar-refractivity contribution in [2.75, 3.05) is 0 Å². The summed E-state index contributed by atoms with van der Waals surface area (Å²) in [5.41, 5.74) is 5.68. The Morgan fingerprint density at radius 1 is 1.42 bits per heavy atom. The standard InChI is InChI=1S/C11H21N/c1-4-6-11(7-5-2)9-8-10(3)12/h4-5,7,10-11H,1,6,8-9,12H2,2-3H3/b7-5+. The highest BCUT2D eigenvalue weighted by Crippen LogP contribution is 2.14. The maximum Gasteiger partial charge on any atom is 0.00106 e. The van der Waals surface area contributed by atoms with Crippen LogP contribution in [0.2, 0.25) is 0 Å². The highest BCUT2D eigenvalue weighted by molar-refractivity contribution is 4.89. The summed E-state index contributed by atoms with van der Waals surface area (Å²) in [7, 11) is 0. The molecular weight excluding hydrogens is 146 g/mol. The van der Waals surface area contributed by atoms with Gasteiger partial charge in [-0.25, -0.2) is 0 Å². The predicted octanol–water partition coefficient (Wildman–Crippen LogP) is 2.88. The van der Waals surface area contributed by atoms with Crippen LogP contribution in [0.3, 0.4) is 0 Å². The molecular formula is C11H21N. The fourth-order valence-electron chi connectivity index (χ4n) is 1.26. The fraction of sp³-hybridized carbons (Fsp3) is 0.636. The molecule has 2 unspecified atom stereocenters. The van der Waals surface area contributed by atoms with Crippen LogP contribution in [0.5, 0.6) is 0 Å². The van der Waals surface area contributed by atoms with E-state index in [2.05, 4.69) is 32.6 Å². The smallest absolute Gasteiger partial charge is 0.00106 e. The van der Waals surface area contributed by atoms with Crippen LogP contribution in [0.4, 0.5) is 0 Å². The molecule has 0 radical (unpaired) electrons. The molecule has 0 saturated carbocycles. The van der Waals surface area contributed by atoms with Gasteiger partial charge < -0.3 is 5.73 Å². The van der Waals surface area contributed by atoms with Gasteiger partial charge in [0, 0.05) is 6.04 Å². The summed E-state index contributed by atoms with van der Waals surface area (Å²) < 4.78 is 0. The highest BCUT2D eigenvalue weighted by atomic mass is 14.6. The van der Waals surface area contributed by atoms with Crippen LogP contribution in [0.15, 0.2) is 24.8 Å². The minimum absolute atomic E-state index is 0.322. The molecule has 0 fully saturated rings. The lowest BCUT2D eigenvalue weighted by Gasteiger charge is -2.11. The van der Waals surface area contributed by atoms with E-state index in [0.29, 0.717) is 12.0 Å². The van der Waals surface area contributed by atoms with E-state index in [4.69, 9.17) is 5.73 Å². The van der Waals surface area contributed by atoms with Crippen LogP contribution in [-0.2, 0) is 0 Å². The van der Waals surface area contributed by atoms with Gasteiger partial charge in [0.25, 0.3) is 0 Å². The summed E-state index contributed by atoms with van der Waals surface area (Å²) in [5, 5.41) is 0. The van der Waals surface area contributed by atoms with Crippen molar-refractivity contribution in [1.82, 2.24) is 0 Å². The minimum Gasteiger partial charge on any atom is -0.328 e. The van der Waals surface area contributed by atoms with E-state index in [1.807, 2.05) is 6.08 Å². The van der Waals surface area contributed by atoms with Gasteiger partial charge in [-0.15, -0.1) is 6.58 Å². The van der Waals surface area contributed by atoms with Gasteiger partial charge in [0.2, 0.25) is 0 Å². The summed E-state index contributed by atoms with van der Waals surface area (Å²) in [6, 6.07) is 0.322. The van der Waals surface area contributed by atoms with Crippen molar-refractivity contribution in [3.63, 3.8) is 0 Å². The Morgan fingerprint density at radius 2 is 2.08 bits per heavy atom. The lowest BCUT2D eigenvalue weighted by atomic mass is 9.97. The average molecular weight is 167 g/mol. The quantitative estimate of drug-likeness (QED) is 0.605. The molecule has 0 spiro atoms. The third-order valence-electron chi connectivity index (χ3n) is 1.93. The first-order chi connectivity index (χ1) is 5.70. The maximum atomic E-state index is 5.68. The zero-order valence-corrected chi connectivity index (χ0v) is 8.29. The predicted molar refractivity (Wildman–Crippen MR) is 56.0 cm³/mol. The zero-order chi connectivity index (χ0) is 9.40. The summed E-state index contributed by atoms with van der Waals surface area (Å²) in [6.45, 7) is 7.86. The molecule has 0 aliphatic carbocycles. The van der Waals surface area contributed by atoms with Gasteiger partial charge in [-0.3, -0.25) is 0 Å². The van der Waals surface area contributed by atoms with Crippen molar-refractivity contribution in [2.24, 2.45) is 11.7 Å². The summed E-state index contributed by atoms with van der Waals surface area (Å²) in [4.78, 5) is 0. The van der Waals surface area contributed by atoms with Crippen molar-refractivity contribution in [2.45, 2.75) is 39.2 Å². The Balaban J connectivity index is 3.70. The fourth-order valence-corrected chi connectivity index (χ4v) is 1.26. The number of hydrogen-bond acceptors (Lipinski definition) is 1. The van der Waals surface area contributed by atoms with E-state index in [1.54, 1.807) is 0 Å². The van der Waals surface area contributed by atoms with Crippen molar-refractivity contribution in [3.05, 3.63) is 24.8 Å². The topological polar surface area (TPSA) is 26.0 Å². The van der Waals surface area contributed by atoms with Crippen molar-refractivity contribution in [1.29, 1.82) is 0 Å². The minimum atomic E-state index is 0.322. The molecule has 0 aromatic carbocycles. The Bertz CT molecular complexity index is 136. The Hall–Kier alpha value is -0.560. The number of nitrogens with two attached hydrogens (primary N) is 1. The maximum absolute atomic E-state index is 5.68. The van der Waals surface area contributed by atoms with Crippen LogP contribution in [0.1, 0.15) is 33.1 Å². The van der Waals surface area contributed by atoms with Gasteiger partial charge in [-0.05, 0) is 39.0 Å². The molecule has 0 rings (SSSR count). The Labute approximate surface area is 76.3 Å². The molecule has 12 heavy (non-hydrogen) atoms. The molecule has 1 heteroatoms. The molecule has 0 amide bonds. The molecule has 0 aliphatic rings. The van der Waals surface area contributed by atoms with E-state index >= 15 is 0 Å². The lowest BCUT2D eigenvalue weighted by molar-refractivity contribution is 0.523. The molecule has 70 valence electrons. The Morgan fingerprint density at radius 3 is 2.50 bits per heavy atom. The van der Waals surface area contributed by atoms with E-state index in [0.717, 1.165) is 12.8 Å². The number of hydrogen-bond donors (Lipinski definition) is 1. The SMILES string of the molecule is C=CCC(/C=C/C)CCC(C)N. The molecule has 0 saturated heterocycles. The first kappa shape index (κ1) is 11.4. The molecule has 0 aliphatic heterocycles. The van der Waals surface area contributed by atoms with Crippen molar-refractivity contribution >= 4 is 0 Å². The van der Waals surface area contributed by atoms with Gasteiger partial charge >= 0.3 is 0 Å². The normalized spacial score (nSPS) is 16.2. The monoisotopic (exact) mass is 167 g/mol. The van der Waals surface area contributed by atoms with Gasteiger partial charge in [0.15, 0.2) is 0 Å². The second-order valence-corrected chi connectivity index (χ2v) is 3.36. The largest absolute Gasteiger partial charge is 0.328 e. The molecule has 1 nitrogen and oxygen atoms in total. The van der Waals surface area contributed by atoms with Crippen LogP contribution < -0.4 is 5.73 Å². The first-order valence-electron chi connectivity index (χ1n) is 4.70. The molecule has 0 bridgehead atoms. The van der Waals surface area contributed by atoms with Gasteiger partial charge in [-0.1, -0.05) is 18.2 Å². The second-order valence-electron chi connectivity index (χ2n) is 3.36. The molecule has 2 atom stereocenters. The van der Waals surface area contributed by atoms with Crippen molar-refractivity contribution < 1.29 is 0 Å². The molecule has 0 heterocycles. The van der Waals surface area contributed by atoms with Crippen LogP contribution in [0.25, 0.3) is 0 Å². The first-order valence-corrected chi connectivity index (χ1v) is 4.70. The summed E-state index contributed by atoms with van der Waals surface area (Å²) in [5.74, 6) is 0.637. The highest BCUT2D eigenvalue weighted by Gasteiger charge is 2.03. The Kier molecular flexibility index (Phi) is 6.78. The van der Waals surface area contributed by atoms with Crippen LogP contribution >= 0.6 is 0 Å². The van der Waals surface area contributed by atoms with E-state index in [-0.39, 0.29) is 0 Å².